The first-order valence-corrected chi connectivity index (χ1v) is 33.1. The van der Waals surface area contributed by atoms with E-state index in [2.05, 4.69) is 69.4 Å². The SMILES string of the molecule is CCCCCC/C=C\C/C=C\CCCCCCCCCC(=O)OC(COC(=O)CCCCCCC/C=C\CCCCCCC)COC(=O)CCCCCCCCCCCCCCC/C=C\CCCCCCCCCC. The monoisotopic (exact) mass is 1050 g/mol. The number of hydrogen-bond donors (Lipinski definition) is 0. The van der Waals surface area contributed by atoms with Crippen LogP contribution in [0.5, 0.6) is 0 Å². The summed E-state index contributed by atoms with van der Waals surface area (Å²) in [6.07, 6.45) is 79.8. The second-order valence-corrected chi connectivity index (χ2v) is 22.4. The molecule has 0 aliphatic heterocycles. The van der Waals surface area contributed by atoms with Crippen LogP contribution >= 0.6 is 0 Å². The minimum absolute atomic E-state index is 0.0764. The highest BCUT2D eigenvalue weighted by atomic mass is 16.6. The van der Waals surface area contributed by atoms with Crippen LogP contribution in [0.3, 0.4) is 0 Å². The van der Waals surface area contributed by atoms with E-state index < -0.39 is 6.10 Å². The molecule has 0 aromatic carbocycles. The Bertz CT molecular complexity index is 1300. The number of carbonyl (C=O) groups excluding carboxylic acids is 3. The van der Waals surface area contributed by atoms with Gasteiger partial charge in [0.1, 0.15) is 13.2 Å². The van der Waals surface area contributed by atoms with E-state index in [9.17, 15) is 14.4 Å². The normalized spacial score (nSPS) is 12.3. The molecule has 75 heavy (non-hydrogen) atoms. The van der Waals surface area contributed by atoms with Crippen LogP contribution in [-0.2, 0) is 28.6 Å². The van der Waals surface area contributed by atoms with Gasteiger partial charge < -0.3 is 14.2 Å². The van der Waals surface area contributed by atoms with Gasteiger partial charge in [-0.1, -0.05) is 281 Å². The van der Waals surface area contributed by atoms with Crippen LogP contribution in [-0.4, -0.2) is 37.2 Å². The number of ether oxygens (including phenoxy) is 3. The third kappa shape index (κ3) is 62.1. The molecule has 0 aromatic rings. The molecule has 0 heterocycles. The third-order valence-electron chi connectivity index (χ3n) is 14.8. The molecule has 0 spiro atoms. The van der Waals surface area contributed by atoms with E-state index in [-0.39, 0.29) is 31.1 Å². The second-order valence-electron chi connectivity index (χ2n) is 22.4. The Balaban J connectivity index is 4.28. The number of hydrogen-bond acceptors (Lipinski definition) is 6. The number of rotatable bonds is 61. The summed E-state index contributed by atoms with van der Waals surface area (Å²) in [5.74, 6) is -0.873. The van der Waals surface area contributed by atoms with Crippen molar-refractivity contribution in [1.29, 1.82) is 0 Å². The van der Waals surface area contributed by atoms with Crippen LogP contribution in [0, 0.1) is 0 Å². The molecule has 0 N–H and O–H groups in total. The van der Waals surface area contributed by atoms with Crippen molar-refractivity contribution >= 4 is 17.9 Å². The summed E-state index contributed by atoms with van der Waals surface area (Å²) in [7, 11) is 0. The van der Waals surface area contributed by atoms with Gasteiger partial charge in [-0.25, -0.2) is 0 Å². The van der Waals surface area contributed by atoms with Gasteiger partial charge in [-0.3, -0.25) is 14.4 Å². The first kappa shape index (κ1) is 72.4. The fraction of sp³-hybridized carbons (Fsp3) is 0.841. The average molecular weight is 1050 g/mol. The fourth-order valence-corrected chi connectivity index (χ4v) is 9.76. The maximum absolute atomic E-state index is 12.9. The van der Waals surface area contributed by atoms with E-state index in [1.807, 2.05) is 0 Å². The zero-order valence-corrected chi connectivity index (χ0v) is 50.3. The first-order valence-electron chi connectivity index (χ1n) is 33.1. The van der Waals surface area contributed by atoms with Gasteiger partial charge in [0, 0.05) is 19.3 Å². The van der Waals surface area contributed by atoms with Crippen LogP contribution in [0.25, 0.3) is 0 Å². The van der Waals surface area contributed by atoms with Gasteiger partial charge in [0.15, 0.2) is 6.10 Å². The molecule has 1 atom stereocenters. The molecule has 0 bridgehead atoms. The van der Waals surface area contributed by atoms with Crippen molar-refractivity contribution in [2.45, 2.75) is 361 Å². The van der Waals surface area contributed by atoms with E-state index in [0.29, 0.717) is 19.3 Å². The molecular formula is C69H126O6. The number of unbranched alkanes of at least 4 members (excludes halogenated alkanes) is 42. The highest BCUT2D eigenvalue weighted by Gasteiger charge is 2.19. The fourth-order valence-electron chi connectivity index (χ4n) is 9.76. The van der Waals surface area contributed by atoms with Crippen molar-refractivity contribution in [2.75, 3.05) is 13.2 Å². The molecule has 438 valence electrons. The van der Waals surface area contributed by atoms with Crippen LogP contribution < -0.4 is 0 Å². The summed E-state index contributed by atoms with van der Waals surface area (Å²) in [4.78, 5) is 38.3. The summed E-state index contributed by atoms with van der Waals surface area (Å²) in [6, 6.07) is 0. The molecule has 0 radical (unpaired) electrons. The van der Waals surface area contributed by atoms with E-state index in [1.54, 1.807) is 0 Å². The molecule has 0 aliphatic rings. The standard InChI is InChI=1S/C69H126O6/c1-4-7-10-13-16-19-22-25-28-30-32-33-34-35-36-37-38-40-41-44-47-50-53-56-59-62-68(71)74-65-66(64-73-67(70)61-58-55-52-49-46-43-27-24-21-18-15-12-9-6-3)75-69(72)63-60-57-54-51-48-45-42-39-31-29-26-23-20-17-14-11-8-5-2/h20,23-24,27,29-32,66H,4-19,21-22,25-26,28,33-65H2,1-3H3/b23-20-,27-24-,31-29-,32-30-. The van der Waals surface area contributed by atoms with Crippen LogP contribution in [0.15, 0.2) is 48.6 Å². The highest BCUT2D eigenvalue weighted by Crippen LogP contribution is 2.17. The van der Waals surface area contributed by atoms with E-state index in [0.717, 1.165) is 77.0 Å². The smallest absolute Gasteiger partial charge is 0.306 e. The predicted octanol–water partition coefficient (Wildman–Crippen LogP) is 22.6. The summed E-state index contributed by atoms with van der Waals surface area (Å²) < 4.78 is 16.9. The average Bonchev–Trinajstić information content (AvgIpc) is 3.41. The van der Waals surface area contributed by atoms with Crippen molar-refractivity contribution in [3.8, 4) is 0 Å². The molecule has 0 aromatic heterocycles. The number of allylic oxidation sites excluding steroid dienone is 8. The van der Waals surface area contributed by atoms with Crippen LogP contribution in [0.2, 0.25) is 0 Å². The van der Waals surface area contributed by atoms with Crippen molar-refractivity contribution < 1.29 is 28.6 Å². The van der Waals surface area contributed by atoms with Crippen molar-refractivity contribution in [2.24, 2.45) is 0 Å². The van der Waals surface area contributed by atoms with E-state index >= 15 is 0 Å². The summed E-state index contributed by atoms with van der Waals surface area (Å²) in [5.41, 5.74) is 0. The molecular weight excluding hydrogens is 925 g/mol. The van der Waals surface area contributed by atoms with Crippen LogP contribution in [0.4, 0.5) is 0 Å². The Morgan fingerprint density at radius 1 is 0.267 bits per heavy atom. The van der Waals surface area contributed by atoms with E-state index in [1.165, 1.54) is 238 Å². The minimum Gasteiger partial charge on any atom is -0.462 e. The third-order valence-corrected chi connectivity index (χ3v) is 14.8. The molecule has 0 aliphatic carbocycles. The Morgan fingerprint density at radius 3 is 0.760 bits per heavy atom. The lowest BCUT2D eigenvalue weighted by molar-refractivity contribution is -0.167. The Labute approximate surface area is 467 Å². The van der Waals surface area contributed by atoms with Crippen molar-refractivity contribution in [3.63, 3.8) is 0 Å². The molecule has 0 saturated carbocycles. The largest absolute Gasteiger partial charge is 0.462 e. The molecule has 0 rings (SSSR count). The molecule has 0 saturated heterocycles. The van der Waals surface area contributed by atoms with Crippen molar-refractivity contribution in [3.05, 3.63) is 48.6 Å². The van der Waals surface area contributed by atoms with Gasteiger partial charge in [-0.15, -0.1) is 0 Å². The lowest BCUT2D eigenvalue weighted by atomic mass is 10.0. The van der Waals surface area contributed by atoms with Gasteiger partial charge >= 0.3 is 17.9 Å². The lowest BCUT2D eigenvalue weighted by Crippen LogP contribution is -2.30. The Hall–Kier alpha value is -2.63. The maximum Gasteiger partial charge on any atom is 0.306 e. The summed E-state index contributed by atoms with van der Waals surface area (Å²) >= 11 is 0. The Morgan fingerprint density at radius 2 is 0.480 bits per heavy atom. The summed E-state index contributed by atoms with van der Waals surface area (Å²) in [5, 5.41) is 0. The molecule has 0 amide bonds. The topological polar surface area (TPSA) is 78.9 Å². The van der Waals surface area contributed by atoms with Gasteiger partial charge in [0.05, 0.1) is 0 Å². The zero-order chi connectivity index (χ0) is 54.3. The van der Waals surface area contributed by atoms with E-state index in [4.69, 9.17) is 14.2 Å². The predicted molar refractivity (Wildman–Crippen MR) is 325 cm³/mol. The highest BCUT2D eigenvalue weighted by molar-refractivity contribution is 5.71. The molecule has 1 unspecified atom stereocenters. The van der Waals surface area contributed by atoms with Gasteiger partial charge in [0.25, 0.3) is 0 Å². The van der Waals surface area contributed by atoms with Crippen molar-refractivity contribution in [1.82, 2.24) is 0 Å². The quantitative estimate of drug-likeness (QED) is 0.0261. The van der Waals surface area contributed by atoms with Gasteiger partial charge in [-0.2, -0.15) is 0 Å². The maximum atomic E-state index is 12.9. The number of carbonyl (C=O) groups is 3. The second kappa shape index (κ2) is 63.9. The van der Waals surface area contributed by atoms with Gasteiger partial charge in [0.2, 0.25) is 0 Å². The Kier molecular flexibility index (Phi) is 61.7. The zero-order valence-electron chi connectivity index (χ0n) is 50.3. The lowest BCUT2D eigenvalue weighted by Gasteiger charge is -2.18. The first-order chi connectivity index (χ1) is 37.0. The van der Waals surface area contributed by atoms with Gasteiger partial charge in [-0.05, 0) is 103 Å². The minimum atomic E-state index is -0.781. The number of esters is 3. The molecule has 0 fully saturated rings. The summed E-state index contributed by atoms with van der Waals surface area (Å²) in [6.45, 7) is 6.65. The molecule has 6 heteroatoms. The van der Waals surface area contributed by atoms with Crippen LogP contribution in [0.1, 0.15) is 355 Å². The molecule has 6 nitrogen and oxygen atoms in total.